The van der Waals surface area contributed by atoms with Gasteiger partial charge in [-0.1, -0.05) is 41.9 Å². The minimum Gasteiger partial charge on any atom is -0.506 e. The first-order valence-electron chi connectivity index (χ1n) is 6.29. The van der Waals surface area contributed by atoms with Crippen LogP contribution >= 0.6 is 11.6 Å². The molecule has 0 aliphatic heterocycles. The molecule has 0 saturated heterocycles. The van der Waals surface area contributed by atoms with Gasteiger partial charge in [0.15, 0.2) is 0 Å². The first kappa shape index (κ1) is 13.4. The van der Waals surface area contributed by atoms with Crippen LogP contribution < -0.4 is 5.56 Å². The predicted molar refractivity (Wildman–Crippen MR) is 82.4 cm³/mol. The van der Waals surface area contributed by atoms with E-state index >= 15 is 0 Å². The highest BCUT2D eigenvalue weighted by Crippen LogP contribution is 2.28. The topological polar surface area (TPSA) is 66.0 Å². The fourth-order valence-corrected chi connectivity index (χ4v) is 2.19. The normalized spacial score (nSPS) is 10.5. The van der Waals surface area contributed by atoms with Crippen molar-refractivity contribution in [2.45, 2.75) is 0 Å². The molecule has 0 aliphatic carbocycles. The molecule has 0 atom stereocenters. The lowest BCUT2D eigenvalue weighted by atomic mass is 10.1. The molecule has 3 aromatic rings. The van der Waals surface area contributed by atoms with Crippen molar-refractivity contribution < 1.29 is 5.11 Å². The third-order valence-corrected chi connectivity index (χ3v) is 3.34. The van der Waals surface area contributed by atoms with E-state index in [1.807, 2.05) is 30.3 Å². The average Bonchev–Trinajstić information content (AvgIpc) is 2.50. The third-order valence-electron chi connectivity index (χ3n) is 3.03. The zero-order chi connectivity index (χ0) is 14.8. The largest absolute Gasteiger partial charge is 0.506 e. The first-order valence-corrected chi connectivity index (χ1v) is 6.67. The molecule has 0 unspecified atom stereocenters. The van der Waals surface area contributed by atoms with Crippen molar-refractivity contribution in [3.8, 4) is 28.4 Å². The summed E-state index contributed by atoms with van der Waals surface area (Å²) in [6.45, 7) is 0. The first-order chi connectivity index (χ1) is 10.1. The van der Waals surface area contributed by atoms with Gasteiger partial charge in [0.25, 0.3) is 5.56 Å². The van der Waals surface area contributed by atoms with Crippen molar-refractivity contribution in [3.63, 3.8) is 0 Å². The predicted octanol–water partition coefficient (Wildman–Crippen LogP) is 3.46. The van der Waals surface area contributed by atoms with E-state index < -0.39 is 0 Å². The second-order valence-electron chi connectivity index (χ2n) is 4.51. The Hall–Kier alpha value is -2.59. The van der Waals surface area contributed by atoms with Gasteiger partial charge in [0, 0.05) is 17.2 Å². The Morgan fingerprint density at radius 1 is 1.00 bits per heavy atom. The number of rotatable bonds is 2. The molecule has 0 saturated carbocycles. The molecule has 0 spiro atoms. The number of benzene rings is 2. The zero-order valence-corrected chi connectivity index (χ0v) is 11.6. The van der Waals surface area contributed by atoms with Gasteiger partial charge in [0.1, 0.15) is 11.6 Å². The number of aromatic amines is 1. The summed E-state index contributed by atoms with van der Waals surface area (Å²) in [6.07, 6.45) is 0. The van der Waals surface area contributed by atoms with Gasteiger partial charge in [-0.2, -0.15) is 0 Å². The maximum atomic E-state index is 11.8. The number of hydrogen-bond acceptors (Lipinski definition) is 3. The van der Waals surface area contributed by atoms with Crippen molar-refractivity contribution in [1.82, 2.24) is 9.97 Å². The fourth-order valence-electron chi connectivity index (χ4n) is 2.01. The maximum Gasteiger partial charge on any atom is 0.251 e. The molecule has 2 aromatic carbocycles. The molecule has 0 aliphatic rings. The van der Waals surface area contributed by atoms with Crippen molar-refractivity contribution in [1.29, 1.82) is 0 Å². The lowest BCUT2D eigenvalue weighted by molar-refractivity contribution is 0.475. The van der Waals surface area contributed by atoms with Gasteiger partial charge in [-0.05, 0) is 18.2 Å². The number of nitrogens with zero attached hydrogens (tertiary/aromatic N) is 1. The highest BCUT2D eigenvalue weighted by molar-refractivity contribution is 6.32. The van der Waals surface area contributed by atoms with Crippen molar-refractivity contribution in [3.05, 3.63) is 70.0 Å². The summed E-state index contributed by atoms with van der Waals surface area (Å²) in [7, 11) is 0. The summed E-state index contributed by atoms with van der Waals surface area (Å²) in [5.74, 6) is 0.394. The molecule has 1 aromatic heterocycles. The molecule has 21 heavy (non-hydrogen) atoms. The Morgan fingerprint density at radius 2 is 1.76 bits per heavy atom. The van der Waals surface area contributed by atoms with Crippen LogP contribution in [-0.4, -0.2) is 15.1 Å². The molecule has 2 N–H and O–H groups in total. The highest BCUT2D eigenvalue weighted by atomic mass is 35.5. The summed E-state index contributed by atoms with van der Waals surface area (Å²) in [5.41, 5.74) is 1.82. The number of H-pyrrole nitrogens is 1. The fraction of sp³-hybridized carbons (Fsp3) is 0. The number of nitrogens with one attached hydrogen (secondary N) is 1. The molecule has 0 radical (unpaired) electrons. The second kappa shape index (κ2) is 5.42. The molecule has 3 rings (SSSR count). The van der Waals surface area contributed by atoms with Gasteiger partial charge in [-0.3, -0.25) is 4.79 Å². The lowest BCUT2D eigenvalue weighted by Gasteiger charge is -2.06. The van der Waals surface area contributed by atoms with Crippen molar-refractivity contribution in [2.75, 3.05) is 0 Å². The lowest BCUT2D eigenvalue weighted by Crippen LogP contribution is -2.08. The highest BCUT2D eigenvalue weighted by Gasteiger charge is 2.08. The Morgan fingerprint density at radius 3 is 2.48 bits per heavy atom. The van der Waals surface area contributed by atoms with Crippen LogP contribution in [0, 0.1) is 0 Å². The standard InChI is InChI=1S/C16H11ClN2O2/c17-12-8-11(6-7-14(12)20)16-18-13(9-15(21)19-16)10-4-2-1-3-5-10/h1-9,20H,(H,18,19,21). The Bertz CT molecular complexity index is 844. The summed E-state index contributed by atoms with van der Waals surface area (Å²) in [6, 6.07) is 15.6. The summed E-state index contributed by atoms with van der Waals surface area (Å²) in [4.78, 5) is 19.0. The van der Waals surface area contributed by atoms with E-state index in [9.17, 15) is 9.90 Å². The number of aromatic nitrogens is 2. The van der Waals surface area contributed by atoms with Gasteiger partial charge in [0.05, 0.1) is 10.7 Å². The SMILES string of the molecule is O=c1cc(-c2ccccc2)nc(-c2ccc(O)c(Cl)c2)[nH]1. The van der Waals surface area contributed by atoms with Crippen LogP contribution in [0.3, 0.4) is 0 Å². The molecular weight excluding hydrogens is 288 g/mol. The van der Waals surface area contributed by atoms with Crippen LogP contribution in [0.4, 0.5) is 0 Å². The second-order valence-corrected chi connectivity index (χ2v) is 4.92. The molecule has 0 amide bonds. The van der Waals surface area contributed by atoms with Crippen LogP contribution in [0.25, 0.3) is 22.6 Å². The third kappa shape index (κ3) is 2.80. The molecular formula is C16H11ClN2O2. The number of phenols is 1. The number of halogens is 1. The number of aromatic hydroxyl groups is 1. The van der Waals surface area contributed by atoms with E-state index in [2.05, 4.69) is 9.97 Å². The zero-order valence-electron chi connectivity index (χ0n) is 10.9. The average molecular weight is 299 g/mol. The number of hydrogen-bond donors (Lipinski definition) is 2. The van der Waals surface area contributed by atoms with Gasteiger partial charge >= 0.3 is 0 Å². The minimum absolute atomic E-state index is 0.0121. The van der Waals surface area contributed by atoms with E-state index in [4.69, 9.17) is 11.6 Å². The summed E-state index contributed by atoms with van der Waals surface area (Å²) < 4.78 is 0. The van der Waals surface area contributed by atoms with Gasteiger partial charge in [0.2, 0.25) is 0 Å². The van der Waals surface area contributed by atoms with E-state index in [0.717, 1.165) is 5.56 Å². The van der Waals surface area contributed by atoms with Crippen LogP contribution in [0.15, 0.2) is 59.4 Å². The molecule has 0 bridgehead atoms. The molecule has 4 nitrogen and oxygen atoms in total. The van der Waals surface area contributed by atoms with Gasteiger partial charge in [-0.15, -0.1) is 0 Å². The van der Waals surface area contributed by atoms with Gasteiger partial charge < -0.3 is 10.1 Å². The Balaban J connectivity index is 2.14. The van der Waals surface area contributed by atoms with E-state index in [-0.39, 0.29) is 16.3 Å². The Kier molecular flexibility index (Phi) is 3.46. The molecule has 0 fully saturated rings. The van der Waals surface area contributed by atoms with Gasteiger partial charge in [-0.25, -0.2) is 4.98 Å². The van der Waals surface area contributed by atoms with E-state index in [0.29, 0.717) is 17.1 Å². The molecule has 1 heterocycles. The monoisotopic (exact) mass is 298 g/mol. The van der Waals surface area contributed by atoms with Crippen molar-refractivity contribution in [2.24, 2.45) is 0 Å². The van der Waals surface area contributed by atoms with E-state index in [1.165, 1.54) is 12.1 Å². The summed E-state index contributed by atoms with van der Waals surface area (Å²) >= 11 is 5.89. The smallest absolute Gasteiger partial charge is 0.251 e. The van der Waals surface area contributed by atoms with Crippen LogP contribution in [0.2, 0.25) is 5.02 Å². The van der Waals surface area contributed by atoms with E-state index in [1.54, 1.807) is 12.1 Å². The Labute approximate surface area is 125 Å². The van der Waals surface area contributed by atoms with Crippen LogP contribution in [0.1, 0.15) is 0 Å². The molecule has 104 valence electrons. The minimum atomic E-state index is -0.247. The number of phenolic OH excluding ortho intramolecular Hbond substituents is 1. The maximum absolute atomic E-state index is 11.8. The van der Waals surface area contributed by atoms with Crippen LogP contribution in [0.5, 0.6) is 5.75 Å². The summed E-state index contributed by atoms with van der Waals surface area (Å²) in [5, 5.41) is 9.66. The molecule has 5 heteroatoms. The van der Waals surface area contributed by atoms with Crippen LogP contribution in [-0.2, 0) is 0 Å². The quantitative estimate of drug-likeness (QED) is 0.761. The van der Waals surface area contributed by atoms with Crippen molar-refractivity contribution >= 4 is 11.6 Å².